The van der Waals surface area contributed by atoms with Crippen molar-refractivity contribution in [1.29, 1.82) is 0 Å². The summed E-state index contributed by atoms with van der Waals surface area (Å²) in [5.41, 5.74) is 0. The highest BCUT2D eigenvalue weighted by Gasteiger charge is 2.33. The third-order valence-electron chi connectivity index (χ3n) is 5.75. The molecule has 1 aromatic carbocycles. The molecule has 2 N–H and O–H groups in total. The molecule has 2 atom stereocenters. The van der Waals surface area contributed by atoms with Crippen molar-refractivity contribution in [2.45, 2.75) is 43.5 Å². The van der Waals surface area contributed by atoms with Gasteiger partial charge < -0.3 is 10.2 Å². The first-order valence-corrected chi connectivity index (χ1v) is 11.2. The fraction of sp³-hybridized carbons (Fsp3) is 0.632. The number of rotatable bonds is 5. The van der Waals surface area contributed by atoms with Crippen LogP contribution in [0.4, 0.5) is 4.39 Å². The van der Waals surface area contributed by atoms with Crippen molar-refractivity contribution in [2.24, 2.45) is 5.92 Å². The standard InChI is InChI=1S/C19H28FN3O3S/c1-15-6-2-4-8-17(15)21-19(24)14-22-10-12-23(13-11-22)27(25,26)18-9-5-3-7-16(18)20/h3,5,7,9,15,17H,2,4,6,8,10-14H2,1H3,(H,21,24)/p+1/t15-,17-/m1/s1. The quantitative estimate of drug-likeness (QED) is 0.755. The summed E-state index contributed by atoms with van der Waals surface area (Å²) in [6.07, 6.45) is 4.59. The SMILES string of the molecule is C[C@@H]1CCCC[C@H]1NC(=O)C[NH+]1CCN(S(=O)(=O)c2ccccc2F)CC1. The molecule has 1 amide bonds. The summed E-state index contributed by atoms with van der Waals surface area (Å²) in [7, 11) is -3.83. The highest BCUT2D eigenvalue weighted by Crippen LogP contribution is 2.23. The zero-order valence-electron chi connectivity index (χ0n) is 15.8. The molecular weight excluding hydrogens is 369 g/mol. The average Bonchev–Trinajstić information content (AvgIpc) is 2.64. The topological polar surface area (TPSA) is 70.9 Å². The van der Waals surface area contributed by atoms with Gasteiger partial charge in [0.25, 0.3) is 5.91 Å². The fourth-order valence-corrected chi connectivity index (χ4v) is 5.53. The van der Waals surface area contributed by atoms with Crippen LogP contribution in [0.1, 0.15) is 32.6 Å². The Hall–Kier alpha value is -1.51. The molecule has 1 saturated carbocycles. The summed E-state index contributed by atoms with van der Waals surface area (Å²) >= 11 is 0. The molecule has 1 heterocycles. The van der Waals surface area contributed by atoms with Gasteiger partial charge in [0.15, 0.2) is 6.54 Å². The van der Waals surface area contributed by atoms with E-state index in [0.717, 1.165) is 30.2 Å². The third-order valence-corrected chi connectivity index (χ3v) is 7.68. The summed E-state index contributed by atoms with van der Waals surface area (Å²) < 4.78 is 40.5. The van der Waals surface area contributed by atoms with E-state index in [2.05, 4.69) is 12.2 Å². The Morgan fingerprint density at radius 3 is 2.56 bits per heavy atom. The largest absolute Gasteiger partial charge is 0.348 e. The molecule has 150 valence electrons. The summed E-state index contributed by atoms with van der Waals surface area (Å²) in [5.74, 6) is -0.178. The highest BCUT2D eigenvalue weighted by molar-refractivity contribution is 7.89. The lowest BCUT2D eigenvalue weighted by Crippen LogP contribution is -3.15. The first kappa shape index (κ1) is 20.2. The number of carbonyl (C=O) groups is 1. The second-order valence-corrected chi connectivity index (χ2v) is 9.60. The van der Waals surface area contributed by atoms with E-state index in [0.29, 0.717) is 38.6 Å². The van der Waals surface area contributed by atoms with Crippen molar-refractivity contribution in [3.8, 4) is 0 Å². The van der Waals surface area contributed by atoms with Gasteiger partial charge in [-0.25, -0.2) is 12.8 Å². The molecule has 2 aliphatic rings. The van der Waals surface area contributed by atoms with E-state index in [-0.39, 0.29) is 16.8 Å². The zero-order valence-corrected chi connectivity index (χ0v) is 16.6. The van der Waals surface area contributed by atoms with Crippen LogP contribution in [0.25, 0.3) is 0 Å². The lowest BCUT2D eigenvalue weighted by molar-refractivity contribution is -0.895. The molecule has 3 rings (SSSR count). The second kappa shape index (κ2) is 8.67. The van der Waals surface area contributed by atoms with Crippen LogP contribution >= 0.6 is 0 Å². The fourth-order valence-electron chi connectivity index (χ4n) is 4.03. The Morgan fingerprint density at radius 2 is 1.89 bits per heavy atom. The molecule has 27 heavy (non-hydrogen) atoms. The summed E-state index contributed by atoms with van der Waals surface area (Å²) in [6, 6.07) is 5.71. The van der Waals surface area contributed by atoms with Gasteiger partial charge in [-0.1, -0.05) is 31.9 Å². The maximum atomic E-state index is 13.9. The van der Waals surface area contributed by atoms with Crippen molar-refractivity contribution >= 4 is 15.9 Å². The van der Waals surface area contributed by atoms with Crippen LogP contribution in [-0.4, -0.2) is 57.4 Å². The molecule has 1 aliphatic carbocycles. The van der Waals surface area contributed by atoms with Crippen LogP contribution in [-0.2, 0) is 14.8 Å². The maximum Gasteiger partial charge on any atom is 0.275 e. The lowest BCUT2D eigenvalue weighted by atomic mass is 9.86. The molecule has 0 radical (unpaired) electrons. The lowest BCUT2D eigenvalue weighted by Gasteiger charge is -2.33. The molecule has 0 unspecified atom stereocenters. The second-order valence-electron chi connectivity index (χ2n) is 7.70. The monoisotopic (exact) mass is 398 g/mol. The minimum atomic E-state index is -3.83. The minimum absolute atomic E-state index is 0.0363. The molecule has 0 aromatic heterocycles. The Morgan fingerprint density at radius 1 is 1.22 bits per heavy atom. The van der Waals surface area contributed by atoms with Gasteiger partial charge in [0, 0.05) is 6.04 Å². The normalized spacial score (nSPS) is 25.3. The van der Waals surface area contributed by atoms with Crippen molar-refractivity contribution in [2.75, 3.05) is 32.7 Å². The van der Waals surface area contributed by atoms with Gasteiger partial charge in [0.05, 0.1) is 26.2 Å². The van der Waals surface area contributed by atoms with Crippen molar-refractivity contribution < 1.29 is 22.5 Å². The molecular formula is C19H29FN3O3S+. The molecule has 2 fully saturated rings. The maximum absolute atomic E-state index is 13.9. The Labute approximate surface area is 160 Å². The van der Waals surface area contributed by atoms with E-state index >= 15 is 0 Å². The molecule has 0 spiro atoms. The summed E-state index contributed by atoms with van der Waals surface area (Å²) in [4.78, 5) is 13.1. The number of quaternary nitrogens is 1. The predicted octanol–water partition coefficient (Wildman–Crippen LogP) is 0.410. The van der Waals surface area contributed by atoms with Crippen LogP contribution in [0.5, 0.6) is 0 Å². The number of carbonyl (C=O) groups excluding carboxylic acids is 1. The van der Waals surface area contributed by atoms with Crippen molar-refractivity contribution in [3.05, 3.63) is 30.1 Å². The van der Waals surface area contributed by atoms with Crippen LogP contribution in [0.3, 0.4) is 0 Å². The summed E-state index contributed by atoms with van der Waals surface area (Å²) in [6.45, 7) is 4.21. The van der Waals surface area contributed by atoms with E-state index in [1.807, 2.05) is 0 Å². The Bertz CT molecular complexity index is 763. The van der Waals surface area contributed by atoms with Gasteiger partial charge in [0.1, 0.15) is 10.7 Å². The average molecular weight is 399 g/mol. The molecule has 6 nitrogen and oxygen atoms in total. The van der Waals surface area contributed by atoms with E-state index in [1.165, 1.54) is 28.9 Å². The summed E-state index contributed by atoms with van der Waals surface area (Å²) in [5, 5.41) is 3.15. The smallest absolute Gasteiger partial charge is 0.275 e. The first-order chi connectivity index (χ1) is 12.9. The van der Waals surface area contributed by atoms with Crippen molar-refractivity contribution in [3.63, 3.8) is 0 Å². The van der Waals surface area contributed by atoms with Gasteiger partial charge in [-0.15, -0.1) is 0 Å². The molecule has 8 heteroatoms. The number of halogens is 1. The number of sulfonamides is 1. The number of hydrogen-bond acceptors (Lipinski definition) is 3. The van der Waals surface area contributed by atoms with Gasteiger partial charge >= 0.3 is 0 Å². The number of nitrogens with one attached hydrogen (secondary N) is 2. The molecule has 1 aliphatic heterocycles. The van der Waals surface area contributed by atoms with Crippen LogP contribution in [0.15, 0.2) is 29.2 Å². The Kier molecular flexibility index (Phi) is 6.49. The molecule has 1 saturated heterocycles. The number of nitrogens with zero attached hydrogens (tertiary/aromatic N) is 1. The van der Waals surface area contributed by atoms with Crippen LogP contribution in [0.2, 0.25) is 0 Å². The number of amides is 1. The van der Waals surface area contributed by atoms with Gasteiger partial charge in [-0.05, 0) is 30.9 Å². The molecule has 0 bridgehead atoms. The van der Waals surface area contributed by atoms with E-state index in [4.69, 9.17) is 0 Å². The van der Waals surface area contributed by atoms with Crippen molar-refractivity contribution in [1.82, 2.24) is 9.62 Å². The zero-order chi connectivity index (χ0) is 19.4. The van der Waals surface area contributed by atoms with Crippen LogP contribution < -0.4 is 10.2 Å². The van der Waals surface area contributed by atoms with Gasteiger partial charge in [0.2, 0.25) is 10.0 Å². The van der Waals surface area contributed by atoms with E-state index < -0.39 is 15.8 Å². The third kappa shape index (κ3) is 4.86. The number of benzene rings is 1. The van der Waals surface area contributed by atoms with Gasteiger partial charge in [-0.2, -0.15) is 4.31 Å². The van der Waals surface area contributed by atoms with Crippen LogP contribution in [0, 0.1) is 11.7 Å². The van der Waals surface area contributed by atoms with E-state index in [9.17, 15) is 17.6 Å². The minimum Gasteiger partial charge on any atom is -0.348 e. The molecule has 1 aromatic rings. The predicted molar refractivity (Wildman–Crippen MR) is 100 cm³/mol. The number of hydrogen-bond donors (Lipinski definition) is 2. The number of piperazine rings is 1. The van der Waals surface area contributed by atoms with E-state index in [1.54, 1.807) is 0 Å². The van der Waals surface area contributed by atoms with Gasteiger partial charge in [-0.3, -0.25) is 4.79 Å². The Balaban J connectivity index is 1.51. The highest BCUT2D eigenvalue weighted by atomic mass is 32.2. The first-order valence-electron chi connectivity index (χ1n) is 9.75.